The lowest BCUT2D eigenvalue weighted by Crippen LogP contribution is -2.77. The topological polar surface area (TPSA) is 102 Å². The van der Waals surface area contributed by atoms with Crippen molar-refractivity contribution in [2.24, 2.45) is 5.73 Å². The van der Waals surface area contributed by atoms with Gasteiger partial charge in [-0.25, -0.2) is 4.57 Å². The van der Waals surface area contributed by atoms with Crippen LogP contribution in [0.1, 0.15) is 26.7 Å². The number of halogens is 46. The van der Waals surface area contributed by atoms with E-state index in [1.54, 1.807) is 13.8 Å². The Morgan fingerprint density at radius 3 is 0.530 bits per heavy atom. The Morgan fingerprint density at radius 2 is 0.410 bits per heavy atom. The number of alkyl halides is 46. The molecule has 0 radical (unpaired) electrons. The SMILES string of the molecule is CC(C)(N)CO.O=P(O)(OCCC(F)(F)C(F)(F)C(F)(F)C(F)(F)C(F)(F)C(F)(F)C(F)(F)C(F)(F)C(F)(F)C(F)(F)C(F)(F)F)OCCC(F)(F)C(F)(F)C(F)(F)C(F)(F)C(F)(F)C(F)(F)C(F)(F)C(F)(F)C(F)(F)C(F)(F)C(F)(F)F. The molecule has 0 heterocycles. The Labute approximate surface area is 423 Å². The molecule has 0 saturated heterocycles. The van der Waals surface area contributed by atoms with Crippen LogP contribution in [0, 0.1) is 0 Å². The molecule has 502 valence electrons. The first-order valence-corrected chi connectivity index (χ1v) is 20.2. The summed E-state index contributed by atoms with van der Waals surface area (Å²) >= 11 is 0. The second kappa shape index (κ2) is 21.8. The van der Waals surface area contributed by atoms with E-state index >= 15 is 0 Å². The molecule has 53 heteroatoms. The molecule has 0 aliphatic carbocycles. The third-order valence-corrected chi connectivity index (χ3v) is 10.7. The predicted molar refractivity (Wildman–Crippen MR) is 167 cm³/mol. The summed E-state index contributed by atoms with van der Waals surface area (Å²) in [6.45, 7) is -3.30. The number of hydrogen-bond donors (Lipinski definition) is 3. The smallest absolute Gasteiger partial charge is 0.394 e. The van der Waals surface area contributed by atoms with Gasteiger partial charge < -0.3 is 15.7 Å². The van der Waals surface area contributed by atoms with E-state index in [9.17, 15) is 207 Å². The third-order valence-electron chi connectivity index (χ3n) is 9.69. The second-order valence-corrected chi connectivity index (χ2v) is 18.0. The first-order valence-electron chi connectivity index (χ1n) is 18.7. The lowest BCUT2D eigenvalue weighted by molar-refractivity contribution is -0.478. The average molecular weight is 1380 g/mol. The highest BCUT2D eigenvalue weighted by molar-refractivity contribution is 7.47. The number of hydrogen-bond acceptors (Lipinski definition) is 5. The minimum absolute atomic E-state index is 0.0486. The number of phosphoric ester groups is 1. The van der Waals surface area contributed by atoms with Gasteiger partial charge in [0.2, 0.25) is 0 Å². The summed E-state index contributed by atoms with van der Waals surface area (Å²) in [6.07, 6.45) is -24.9. The van der Waals surface area contributed by atoms with Gasteiger partial charge in [-0.2, -0.15) is 202 Å². The number of phosphoric acid groups is 1. The standard InChI is InChI=1S/C26H9F46O4P.C4H11NO/c27-5(28,7(31,32)9(35,36)11(39,40)13(43,44)15(47,48)17(51,52)19(55,56)21(59,60)23(63,64)25(67,68)69)1-3-75-77(73,74)76-4-2-6(29,30)8(33,34)10(37,38)12(41,42)14(45,46)16(49,50)18(53,54)20(57,58)22(61,62)24(65,66)26(70,71)72;1-4(2,5)3-6/h1-4H2,(H,73,74);6H,3,5H2,1-2H3. The van der Waals surface area contributed by atoms with Crippen LogP contribution in [0.5, 0.6) is 0 Å². The van der Waals surface area contributed by atoms with Gasteiger partial charge in [0.1, 0.15) is 0 Å². The van der Waals surface area contributed by atoms with Crippen molar-refractivity contribution in [3.05, 3.63) is 0 Å². The Kier molecular flexibility index (Phi) is 21.5. The van der Waals surface area contributed by atoms with Crippen LogP contribution < -0.4 is 5.73 Å². The number of rotatable bonds is 27. The lowest BCUT2D eigenvalue weighted by Gasteiger charge is -2.45. The summed E-state index contributed by atoms with van der Waals surface area (Å²) < 4.78 is 639. The molecule has 0 bridgehead atoms. The van der Waals surface area contributed by atoms with Crippen molar-refractivity contribution < 1.29 is 226 Å². The van der Waals surface area contributed by atoms with Gasteiger partial charge in [0.25, 0.3) is 0 Å². The maximum absolute atomic E-state index is 14.0. The van der Waals surface area contributed by atoms with Gasteiger partial charge in [0.15, 0.2) is 0 Å². The van der Waals surface area contributed by atoms with Gasteiger partial charge in [-0.15, -0.1) is 0 Å². The Bertz CT molecular complexity index is 2110. The van der Waals surface area contributed by atoms with Crippen LogP contribution in [0.2, 0.25) is 0 Å². The zero-order valence-electron chi connectivity index (χ0n) is 37.6. The van der Waals surface area contributed by atoms with E-state index in [2.05, 4.69) is 9.05 Å². The van der Waals surface area contributed by atoms with Crippen molar-refractivity contribution in [3.8, 4) is 0 Å². The summed E-state index contributed by atoms with van der Waals surface area (Å²) in [5.74, 6) is -187. The van der Waals surface area contributed by atoms with Crippen LogP contribution in [-0.4, -0.2) is 166 Å². The fraction of sp³-hybridized carbons (Fsp3) is 1.00. The van der Waals surface area contributed by atoms with Crippen molar-refractivity contribution in [2.45, 2.75) is 163 Å². The molecule has 0 aliphatic rings. The molecule has 0 spiro atoms. The van der Waals surface area contributed by atoms with Crippen LogP contribution in [0.3, 0.4) is 0 Å². The van der Waals surface area contributed by atoms with Crippen molar-refractivity contribution in [2.75, 3.05) is 19.8 Å². The van der Waals surface area contributed by atoms with E-state index in [0.29, 0.717) is 0 Å². The predicted octanol–water partition coefficient (Wildman–Crippen LogP) is 15.4. The van der Waals surface area contributed by atoms with Gasteiger partial charge in [-0.1, -0.05) is 0 Å². The van der Waals surface area contributed by atoms with E-state index in [1.807, 2.05) is 0 Å². The zero-order chi connectivity index (χ0) is 68.9. The molecule has 0 aliphatic heterocycles. The second-order valence-electron chi connectivity index (χ2n) is 16.5. The quantitative estimate of drug-likeness (QED) is 0.0559. The van der Waals surface area contributed by atoms with E-state index in [1.165, 1.54) is 0 Å². The molecule has 6 nitrogen and oxygen atoms in total. The highest BCUT2D eigenvalue weighted by Crippen LogP contribution is 2.70. The van der Waals surface area contributed by atoms with Gasteiger partial charge in [0.05, 0.1) is 19.8 Å². The fourth-order valence-corrected chi connectivity index (χ4v) is 5.22. The van der Waals surface area contributed by atoms with E-state index in [4.69, 9.17) is 15.7 Å². The molecule has 0 fully saturated rings. The monoisotopic (exact) mass is 1380 g/mol. The number of nitrogens with two attached hydrogens (primary N) is 1. The minimum Gasteiger partial charge on any atom is -0.394 e. The van der Waals surface area contributed by atoms with Gasteiger partial charge in [0, 0.05) is 18.4 Å². The normalized spacial score (nSPS) is 16.8. The van der Waals surface area contributed by atoms with E-state index in [-0.39, 0.29) is 6.61 Å². The molecule has 0 atom stereocenters. The fourth-order valence-electron chi connectivity index (χ4n) is 4.51. The highest BCUT2D eigenvalue weighted by Gasteiger charge is 3.01. The van der Waals surface area contributed by atoms with Crippen molar-refractivity contribution >= 4 is 7.82 Å². The maximum atomic E-state index is 14.0. The van der Waals surface area contributed by atoms with Gasteiger partial charge in [-0.05, 0) is 13.8 Å². The molecular weight excluding hydrogens is 1360 g/mol. The molecule has 0 saturated carbocycles. The van der Waals surface area contributed by atoms with Crippen LogP contribution in [0.4, 0.5) is 202 Å². The van der Waals surface area contributed by atoms with Gasteiger partial charge in [-0.3, -0.25) is 9.05 Å². The van der Waals surface area contributed by atoms with Crippen molar-refractivity contribution in [1.82, 2.24) is 0 Å². The van der Waals surface area contributed by atoms with Crippen LogP contribution >= 0.6 is 7.82 Å². The first-order chi connectivity index (χ1) is 35.0. The molecule has 0 aromatic carbocycles. The van der Waals surface area contributed by atoms with E-state index in [0.717, 1.165) is 0 Å². The number of aliphatic hydroxyl groups excluding tert-OH is 1. The third kappa shape index (κ3) is 12.1. The summed E-state index contributed by atoms with van der Waals surface area (Å²) in [5, 5.41) is 8.28. The van der Waals surface area contributed by atoms with Crippen molar-refractivity contribution in [3.63, 3.8) is 0 Å². The zero-order valence-corrected chi connectivity index (χ0v) is 38.5. The summed E-state index contributed by atoms with van der Waals surface area (Å²) in [4.78, 5) is 9.03. The Morgan fingerprint density at radius 1 is 0.289 bits per heavy atom. The average Bonchev–Trinajstić information content (AvgIpc) is 3.23. The number of aliphatic hydroxyl groups is 1. The first kappa shape index (κ1) is 81.9. The van der Waals surface area contributed by atoms with E-state index < -0.39 is 170 Å². The molecule has 83 heavy (non-hydrogen) atoms. The van der Waals surface area contributed by atoms with Gasteiger partial charge >= 0.3 is 139 Å². The Balaban J connectivity index is 0. The van der Waals surface area contributed by atoms with Crippen LogP contribution in [-0.2, 0) is 13.6 Å². The molecule has 0 aromatic rings. The highest BCUT2D eigenvalue weighted by atomic mass is 31.2. The summed E-state index contributed by atoms with van der Waals surface area (Å²) in [5.41, 5.74) is 4.88. The molecule has 0 rings (SSSR count). The summed E-state index contributed by atoms with van der Waals surface area (Å²) in [7, 11) is -7.30. The van der Waals surface area contributed by atoms with Crippen LogP contribution in [0.15, 0.2) is 0 Å². The summed E-state index contributed by atoms with van der Waals surface area (Å²) in [6, 6.07) is 0. The molecule has 4 N–H and O–H groups in total. The molecule has 0 amide bonds. The molecular formula is C30H20F46NO5P. The van der Waals surface area contributed by atoms with Crippen LogP contribution in [0.25, 0.3) is 0 Å². The largest absolute Gasteiger partial charge is 0.472 e. The molecule has 0 unspecified atom stereocenters. The Hall–Kier alpha value is -3.19. The maximum Gasteiger partial charge on any atom is 0.472 e. The minimum atomic E-state index is -9.88. The lowest BCUT2D eigenvalue weighted by atomic mass is 9.85. The molecule has 0 aromatic heterocycles. The van der Waals surface area contributed by atoms with Crippen molar-refractivity contribution in [1.29, 1.82) is 0 Å².